The lowest BCUT2D eigenvalue weighted by Gasteiger charge is -2.37. The summed E-state index contributed by atoms with van der Waals surface area (Å²) in [5.74, 6) is -0.594. The Morgan fingerprint density at radius 1 is 0.971 bits per heavy atom. The Bertz CT molecular complexity index is 2800. The Labute approximate surface area is 400 Å². The Morgan fingerprint density at radius 3 is 2.34 bits per heavy atom. The number of nitrogens with zero attached hydrogens (tertiary/aromatic N) is 5. The van der Waals surface area contributed by atoms with Gasteiger partial charge in [0.1, 0.15) is 35.0 Å². The third-order valence-corrected chi connectivity index (χ3v) is 13.4. The number of alkyl halides is 1. The number of aromatic amines is 1. The Hall–Kier alpha value is -6.24. The number of allylic oxidation sites excluding steroid dienone is 1. The van der Waals surface area contributed by atoms with Crippen molar-refractivity contribution in [2.45, 2.75) is 77.0 Å². The van der Waals surface area contributed by atoms with Crippen molar-refractivity contribution in [2.24, 2.45) is 5.92 Å². The molecule has 19 heteroatoms. The SMILES string of the molecule is CC(CN1CCN(c2ccc(C(=O)NS(=O)(=O)c3ccc(OCC4(F)CCN(C(=O)OC(C)(C)C)CC4)c([N+](=O)[O-])c3)c(Oc3cnc4[nH]ccc4c3)c2)CC1)=C(CC(C)C)c1ccc(Cl)cc1. The molecule has 0 spiro atoms. The number of H-pyrrole nitrogens is 1. The summed E-state index contributed by atoms with van der Waals surface area (Å²) < 4.78 is 62.6. The van der Waals surface area contributed by atoms with Gasteiger partial charge in [-0.05, 0) is 99.7 Å². The number of anilines is 1. The number of nitro benzene ring substituents is 1. The summed E-state index contributed by atoms with van der Waals surface area (Å²) in [6, 6.07) is 19.2. The highest BCUT2D eigenvalue weighted by atomic mass is 35.5. The van der Waals surface area contributed by atoms with Crippen molar-refractivity contribution in [1.82, 2.24) is 24.5 Å². The van der Waals surface area contributed by atoms with Gasteiger partial charge in [-0.1, -0.05) is 43.2 Å². The number of sulfonamides is 1. The molecule has 0 bridgehead atoms. The molecule has 68 heavy (non-hydrogen) atoms. The van der Waals surface area contributed by atoms with Crippen LogP contribution < -0.4 is 19.1 Å². The van der Waals surface area contributed by atoms with Crippen LogP contribution in [0.1, 0.15) is 76.7 Å². The van der Waals surface area contributed by atoms with E-state index in [2.05, 4.69) is 52.7 Å². The predicted octanol–water partition coefficient (Wildman–Crippen LogP) is 9.80. The lowest BCUT2D eigenvalue weighted by Crippen LogP contribution is -2.48. The lowest BCUT2D eigenvalue weighted by molar-refractivity contribution is -0.386. The van der Waals surface area contributed by atoms with E-state index < -0.39 is 55.4 Å². The molecule has 16 nitrogen and oxygen atoms in total. The minimum Gasteiger partial charge on any atom is -0.483 e. The third kappa shape index (κ3) is 12.4. The van der Waals surface area contributed by atoms with Gasteiger partial charge in [-0.3, -0.25) is 19.8 Å². The first kappa shape index (κ1) is 49.7. The molecule has 4 heterocycles. The molecule has 362 valence electrons. The fourth-order valence-corrected chi connectivity index (χ4v) is 9.32. The van der Waals surface area contributed by atoms with Gasteiger partial charge in [-0.15, -0.1) is 0 Å². The normalized spacial score (nSPS) is 16.1. The molecule has 2 aromatic heterocycles. The highest BCUT2D eigenvalue weighted by Gasteiger charge is 2.39. The number of benzene rings is 3. The summed E-state index contributed by atoms with van der Waals surface area (Å²) >= 11 is 6.20. The minimum atomic E-state index is -4.73. The summed E-state index contributed by atoms with van der Waals surface area (Å²) in [6.45, 7) is 14.9. The molecule has 2 aliphatic heterocycles. The lowest BCUT2D eigenvalue weighted by atomic mass is 9.92. The molecule has 0 unspecified atom stereocenters. The molecule has 7 rings (SSSR count). The Morgan fingerprint density at radius 2 is 1.68 bits per heavy atom. The fourth-order valence-electron chi connectivity index (χ4n) is 8.21. The average Bonchev–Trinajstić information content (AvgIpc) is 3.75. The summed E-state index contributed by atoms with van der Waals surface area (Å²) in [4.78, 5) is 50.6. The molecule has 0 saturated carbocycles. The van der Waals surface area contributed by atoms with E-state index in [4.69, 9.17) is 25.8 Å². The maximum Gasteiger partial charge on any atom is 0.410 e. The molecule has 0 aliphatic carbocycles. The van der Waals surface area contributed by atoms with E-state index in [0.29, 0.717) is 35.4 Å². The second-order valence-electron chi connectivity index (χ2n) is 18.7. The number of halogens is 2. The summed E-state index contributed by atoms with van der Waals surface area (Å²) in [6.07, 6.45) is 3.36. The number of likely N-dealkylation sites (tertiary alicyclic amines) is 1. The van der Waals surface area contributed by atoms with Crippen LogP contribution in [0.2, 0.25) is 5.02 Å². The fraction of sp³-hybridized carbons (Fsp3) is 0.408. The largest absolute Gasteiger partial charge is 0.483 e. The molecule has 2 N–H and O–H groups in total. The zero-order valence-corrected chi connectivity index (χ0v) is 40.6. The molecular weight excluding hydrogens is 917 g/mol. The maximum absolute atomic E-state index is 15.8. The van der Waals surface area contributed by atoms with Crippen LogP contribution in [0.4, 0.5) is 20.6 Å². The van der Waals surface area contributed by atoms with Crippen molar-refractivity contribution in [3.63, 3.8) is 0 Å². The molecule has 2 aliphatic rings. The average molecular weight is 975 g/mol. The summed E-state index contributed by atoms with van der Waals surface area (Å²) in [5, 5.41) is 13.6. The second-order valence-corrected chi connectivity index (χ2v) is 20.8. The number of nitrogens with one attached hydrogen (secondary N) is 2. The number of rotatable bonds is 15. The quantitative estimate of drug-likeness (QED) is 0.0747. The van der Waals surface area contributed by atoms with Gasteiger partial charge in [0, 0.05) is 93.1 Å². The minimum absolute atomic E-state index is 0.0451. The van der Waals surface area contributed by atoms with Crippen molar-refractivity contribution in [3.8, 4) is 17.2 Å². The Balaban J connectivity index is 1.06. The van der Waals surface area contributed by atoms with Crippen molar-refractivity contribution in [2.75, 3.05) is 57.3 Å². The van der Waals surface area contributed by atoms with Gasteiger partial charge in [-0.25, -0.2) is 27.3 Å². The number of piperazine rings is 1. The standard InChI is InChI=1S/C49H57ClFN7O9S/c1-32(2)25-41(34-7-9-36(50)10-8-34)33(3)30-55-21-23-56(24-22-55)37-11-13-40(44(27-37)66-38-26-35-15-18-52-45(35)53-29-38)46(59)54-68(63,64)39-12-14-43(42(28-39)58(61)62)65-31-49(51)16-19-57(20-17-49)47(60)67-48(4,5)6/h7-15,18,26-29,32H,16-17,19-25,30-31H2,1-6H3,(H,52,53)(H,54,59). The van der Waals surface area contributed by atoms with Gasteiger partial charge in [0.05, 0.1) is 21.6 Å². The van der Waals surface area contributed by atoms with Crippen LogP contribution in [-0.2, 0) is 14.8 Å². The summed E-state index contributed by atoms with van der Waals surface area (Å²) in [5.41, 5.74) is 1.62. The number of piperidine rings is 1. The first-order chi connectivity index (χ1) is 32.1. The highest BCUT2D eigenvalue weighted by molar-refractivity contribution is 7.90. The smallest absolute Gasteiger partial charge is 0.410 e. The van der Waals surface area contributed by atoms with Crippen LogP contribution in [-0.4, -0.2) is 109 Å². The van der Waals surface area contributed by atoms with Crippen LogP contribution in [0.5, 0.6) is 17.2 Å². The molecular formula is C49H57ClFN7O9S. The van der Waals surface area contributed by atoms with E-state index in [1.807, 2.05) is 22.9 Å². The van der Waals surface area contributed by atoms with E-state index in [0.717, 1.165) is 55.3 Å². The number of ether oxygens (including phenoxy) is 3. The predicted molar refractivity (Wildman–Crippen MR) is 259 cm³/mol. The van der Waals surface area contributed by atoms with Crippen LogP contribution in [0.15, 0.2) is 95.7 Å². The van der Waals surface area contributed by atoms with E-state index in [1.165, 1.54) is 33.9 Å². The number of carbonyl (C=O) groups is 2. The topological polar surface area (TPSA) is 190 Å². The number of hydrogen-bond acceptors (Lipinski definition) is 12. The Kier molecular flexibility index (Phi) is 15.0. The number of carbonyl (C=O) groups excluding carboxylic acids is 2. The first-order valence-electron chi connectivity index (χ1n) is 22.5. The zero-order valence-electron chi connectivity index (χ0n) is 39.0. The molecule has 2 amide bonds. The molecule has 5 aromatic rings. The monoisotopic (exact) mass is 973 g/mol. The number of pyridine rings is 1. The third-order valence-electron chi connectivity index (χ3n) is 11.8. The number of hydrogen-bond donors (Lipinski definition) is 2. The van der Waals surface area contributed by atoms with Crippen molar-refractivity contribution in [1.29, 1.82) is 0 Å². The summed E-state index contributed by atoms with van der Waals surface area (Å²) in [7, 11) is -4.73. The van der Waals surface area contributed by atoms with E-state index in [9.17, 15) is 28.1 Å². The molecule has 0 radical (unpaired) electrons. The van der Waals surface area contributed by atoms with Crippen LogP contribution >= 0.6 is 11.6 Å². The number of nitro groups is 1. The molecule has 3 aromatic carbocycles. The number of amides is 2. The maximum atomic E-state index is 15.8. The number of fused-ring (bicyclic) bond motifs is 1. The molecule has 2 fully saturated rings. The van der Waals surface area contributed by atoms with Crippen molar-refractivity contribution in [3.05, 3.63) is 117 Å². The van der Waals surface area contributed by atoms with Gasteiger partial charge in [0.15, 0.2) is 5.75 Å². The van der Waals surface area contributed by atoms with Gasteiger partial charge >= 0.3 is 11.8 Å². The number of aromatic nitrogens is 2. The van der Waals surface area contributed by atoms with Crippen LogP contribution in [0, 0.1) is 16.0 Å². The van der Waals surface area contributed by atoms with Crippen molar-refractivity contribution < 1.29 is 41.5 Å². The first-order valence-corrected chi connectivity index (χ1v) is 24.3. The van der Waals surface area contributed by atoms with Gasteiger partial charge in [-0.2, -0.15) is 0 Å². The van der Waals surface area contributed by atoms with Crippen LogP contribution in [0.25, 0.3) is 16.6 Å². The van der Waals surface area contributed by atoms with Crippen molar-refractivity contribution >= 4 is 61.6 Å². The van der Waals surface area contributed by atoms with E-state index in [1.54, 1.807) is 45.2 Å². The molecule has 2 saturated heterocycles. The van der Waals surface area contributed by atoms with Gasteiger partial charge in [0.2, 0.25) is 0 Å². The molecule has 0 atom stereocenters. The van der Waals surface area contributed by atoms with E-state index >= 15 is 4.39 Å². The zero-order chi connectivity index (χ0) is 49.0. The highest BCUT2D eigenvalue weighted by Crippen LogP contribution is 2.36. The second kappa shape index (κ2) is 20.5. The van der Waals surface area contributed by atoms with Gasteiger partial charge < -0.3 is 29.0 Å². The van der Waals surface area contributed by atoms with E-state index in [-0.39, 0.29) is 43.0 Å². The van der Waals surface area contributed by atoms with Gasteiger partial charge in [0.25, 0.3) is 15.9 Å². The van der Waals surface area contributed by atoms with Crippen LogP contribution in [0.3, 0.4) is 0 Å².